The van der Waals surface area contributed by atoms with E-state index in [1.165, 1.54) is 12.3 Å². The van der Waals surface area contributed by atoms with Gasteiger partial charge in [-0.25, -0.2) is 0 Å². The highest BCUT2D eigenvalue weighted by Gasteiger charge is 2.30. The van der Waals surface area contributed by atoms with E-state index in [1.54, 1.807) is 18.2 Å². The second-order valence-electron chi connectivity index (χ2n) is 5.78. The molecule has 0 spiro atoms. The summed E-state index contributed by atoms with van der Waals surface area (Å²) in [6, 6.07) is 20.0. The molecule has 0 saturated carbocycles. The number of rotatable bonds is 5. The Morgan fingerprint density at radius 2 is 1.58 bits per heavy atom. The van der Waals surface area contributed by atoms with Gasteiger partial charge in [-0.1, -0.05) is 42.5 Å². The molecule has 2 nitrogen and oxygen atoms in total. The lowest BCUT2D eigenvalue weighted by Crippen LogP contribution is -2.06. The smallest absolute Gasteiger partial charge is 0.416 e. The maximum Gasteiger partial charge on any atom is 0.416 e. The minimum atomic E-state index is -4.36. The number of benzene rings is 3. The Kier molecular flexibility index (Phi) is 5.07. The lowest BCUT2D eigenvalue weighted by atomic mass is 10.0. The molecule has 0 heterocycles. The molecule has 3 aromatic rings. The summed E-state index contributed by atoms with van der Waals surface area (Å²) in [4.78, 5) is 0. The van der Waals surface area contributed by atoms with E-state index in [9.17, 15) is 13.2 Å². The van der Waals surface area contributed by atoms with Gasteiger partial charge in [-0.15, -0.1) is 0 Å². The normalized spacial score (nSPS) is 11.2. The van der Waals surface area contributed by atoms with E-state index < -0.39 is 11.7 Å². The van der Waals surface area contributed by atoms with Gasteiger partial charge in [-0.05, 0) is 52.6 Å². The van der Waals surface area contributed by atoms with Gasteiger partial charge >= 0.3 is 6.18 Å². The summed E-state index contributed by atoms with van der Waals surface area (Å²) in [5.74, 6) is 0.578. The number of hydrogen-bond donors (Lipinski definition) is 1. The van der Waals surface area contributed by atoms with Gasteiger partial charge in [-0.2, -0.15) is 13.2 Å². The van der Waals surface area contributed by atoms with Crippen LogP contribution < -0.4 is 4.74 Å². The van der Waals surface area contributed by atoms with Crippen LogP contribution in [0.1, 0.15) is 16.7 Å². The molecular weight excluding hydrogens is 339 g/mol. The highest BCUT2D eigenvalue weighted by Crippen LogP contribution is 2.30. The number of ether oxygens (including phenoxy) is 1. The molecule has 0 amide bonds. The van der Waals surface area contributed by atoms with Crippen molar-refractivity contribution in [2.45, 2.75) is 12.8 Å². The van der Waals surface area contributed by atoms with Crippen molar-refractivity contribution in [3.05, 3.63) is 89.5 Å². The van der Waals surface area contributed by atoms with E-state index in [-0.39, 0.29) is 6.61 Å². The quantitative estimate of drug-likeness (QED) is 0.564. The summed E-state index contributed by atoms with van der Waals surface area (Å²) in [5.41, 5.74) is 2.55. The Labute approximate surface area is 149 Å². The molecule has 0 aliphatic heterocycles. The Balaban J connectivity index is 1.69. The SMILES string of the molecule is N=Cc1cccc(-c2ccc(OCc3cccc(C(F)(F)F)c3)cc2)c1. The monoisotopic (exact) mass is 355 g/mol. The Morgan fingerprint density at radius 3 is 2.27 bits per heavy atom. The molecule has 0 fully saturated rings. The van der Waals surface area contributed by atoms with Crippen molar-refractivity contribution in [2.24, 2.45) is 0 Å². The van der Waals surface area contributed by atoms with E-state index in [0.29, 0.717) is 11.3 Å². The fourth-order valence-electron chi connectivity index (χ4n) is 2.56. The van der Waals surface area contributed by atoms with Crippen LogP contribution in [-0.4, -0.2) is 6.21 Å². The zero-order valence-corrected chi connectivity index (χ0v) is 13.8. The first kappa shape index (κ1) is 17.7. The van der Waals surface area contributed by atoms with Crippen LogP contribution in [0, 0.1) is 5.41 Å². The highest BCUT2D eigenvalue weighted by molar-refractivity contribution is 5.80. The summed E-state index contributed by atoms with van der Waals surface area (Å²) >= 11 is 0. The van der Waals surface area contributed by atoms with Crippen LogP contribution in [0.25, 0.3) is 11.1 Å². The molecule has 0 unspecified atom stereocenters. The van der Waals surface area contributed by atoms with Crippen molar-refractivity contribution in [1.29, 1.82) is 5.41 Å². The third-order valence-corrected chi connectivity index (χ3v) is 3.90. The van der Waals surface area contributed by atoms with Crippen molar-refractivity contribution in [1.82, 2.24) is 0 Å². The first-order valence-electron chi connectivity index (χ1n) is 7.95. The zero-order valence-electron chi connectivity index (χ0n) is 13.8. The van der Waals surface area contributed by atoms with E-state index in [0.717, 1.165) is 28.8 Å². The first-order chi connectivity index (χ1) is 12.5. The molecule has 26 heavy (non-hydrogen) atoms. The van der Waals surface area contributed by atoms with Gasteiger partial charge in [0, 0.05) is 6.21 Å². The molecular formula is C21H16F3NO. The van der Waals surface area contributed by atoms with Crippen LogP contribution in [0.3, 0.4) is 0 Å². The highest BCUT2D eigenvalue weighted by atomic mass is 19.4. The van der Waals surface area contributed by atoms with Crippen LogP contribution >= 0.6 is 0 Å². The van der Waals surface area contributed by atoms with Crippen molar-refractivity contribution in [3.63, 3.8) is 0 Å². The molecule has 0 aliphatic carbocycles. The molecule has 0 aromatic heterocycles. The summed E-state index contributed by atoms with van der Waals surface area (Å²) in [5, 5.41) is 7.31. The minimum Gasteiger partial charge on any atom is -0.489 e. The van der Waals surface area contributed by atoms with Crippen molar-refractivity contribution in [2.75, 3.05) is 0 Å². The standard InChI is InChI=1S/C21H16F3NO/c22-21(23,24)19-6-2-4-16(12-19)14-26-20-9-7-17(8-10-20)18-5-1-3-15(11-18)13-25/h1-13,25H,14H2. The molecule has 3 rings (SSSR count). The van der Waals surface area contributed by atoms with Gasteiger partial charge in [0.1, 0.15) is 12.4 Å². The molecule has 3 aromatic carbocycles. The van der Waals surface area contributed by atoms with Crippen LogP contribution in [0.4, 0.5) is 13.2 Å². The lowest BCUT2D eigenvalue weighted by molar-refractivity contribution is -0.137. The Morgan fingerprint density at radius 1 is 0.846 bits per heavy atom. The van der Waals surface area contributed by atoms with Crippen molar-refractivity contribution < 1.29 is 17.9 Å². The number of halogens is 3. The molecule has 0 bridgehead atoms. The molecule has 0 aliphatic rings. The topological polar surface area (TPSA) is 33.1 Å². The molecule has 5 heteroatoms. The average Bonchev–Trinajstić information content (AvgIpc) is 2.66. The first-order valence-corrected chi connectivity index (χ1v) is 7.95. The van der Waals surface area contributed by atoms with Crippen molar-refractivity contribution in [3.8, 4) is 16.9 Å². The average molecular weight is 355 g/mol. The van der Waals surface area contributed by atoms with Gasteiger partial charge in [-0.3, -0.25) is 0 Å². The molecule has 1 N–H and O–H groups in total. The van der Waals surface area contributed by atoms with Gasteiger partial charge in [0.05, 0.1) is 5.56 Å². The zero-order chi connectivity index (χ0) is 18.6. The summed E-state index contributed by atoms with van der Waals surface area (Å²) in [6.45, 7) is 0.0621. The molecule has 0 saturated heterocycles. The van der Waals surface area contributed by atoms with Gasteiger partial charge in [0.2, 0.25) is 0 Å². The summed E-state index contributed by atoms with van der Waals surface area (Å²) in [7, 11) is 0. The largest absolute Gasteiger partial charge is 0.489 e. The minimum absolute atomic E-state index is 0.0621. The van der Waals surface area contributed by atoms with Crippen LogP contribution in [0.5, 0.6) is 5.75 Å². The fraction of sp³-hybridized carbons (Fsp3) is 0.0952. The van der Waals surface area contributed by atoms with Gasteiger partial charge < -0.3 is 10.1 Å². The van der Waals surface area contributed by atoms with Crippen LogP contribution in [-0.2, 0) is 12.8 Å². The summed E-state index contributed by atoms with van der Waals surface area (Å²) < 4.78 is 43.8. The maximum absolute atomic E-state index is 12.7. The van der Waals surface area contributed by atoms with E-state index in [2.05, 4.69) is 0 Å². The second-order valence-corrected chi connectivity index (χ2v) is 5.78. The summed E-state index contributed by atoms with van der Waals surface area (Å²) in [6.07, 6.45) is -3.07. The van der Waals surface area contributed by atoms with Crippen LogP contribution in [0.15, 0.2) is 72.8 Å². The lowest BCUT2D eigenvalue weighted by Gasteiger charge is -2.10. The van der Waals surface area contributed by atoms with Gasteiger partial charge in [0.25, 0.3) is 0 Å². The van der Waals surface area contributed by atoms with E-state index in [1.807, 2.05) is 36.4 Å². The number of hydrogen-bond acceptors (Lipinski definition) is 2. The van der Waals surface area contributed by atoms with Crippen LogP contribution in [0.2, 0.25) is 0 Å². The molecule has 0 radical (unpaired) electrons. The third kappa shape index (κ3) is 4.30. The predicted octanol–water partition coefficient (Wildman–Crippen LogP) is 5.95. The number of nitrogens with one attached hydrogen (secondary N) is 1. The third-order valence-electron chi connectivity index (χ3n) is 3.90. The Bertz CT molecular complexity index is 902. The van der Waals surface area contributed by atoms with E-state index >= 15 is 0 Å². The Hall–Kier alpha value is -3.08. The fourth-order valence-corrected chi connectivity index (χ4v) is 2.56. The maximum atomic E-state index is 12.7. The van der Waals surface area contributed by atoms with E-state index in [4.69, 9.17) is 10.1 Å². The second kappa shape index (κ2) is 7.44. The molecule has 132 valence electrons. The molecule has 0 atom stereocenters. The predicted molar refractivity (Wildman–Crippen MR) is 95.5 cm³/mol. The number of alkyl halides is 3. The van der Waals surface area contributed by atoms with Crippen molar-refractivity contribution >= 4 is 6.21 Å². The van der Waals surface area contributed by atoms with Gasteiger partial charge in [0.15, 0.2) is 0 Å².